The molecule has 4 heteroatoms. The van der Waals surface area contributed by atoms with E-state index in [4.69, 9.17) is 0 Å². The van der Waals surface area contributed by atoms with E-state index in [0.717, 1.165) is 31.1 Å². The summed E-state index contributed by atoms with van der Waals surface area (Å²) in [6, 6.07) is 0.427. The Labute approximate surface area is 109 Å². The van der Waals surface area contributed by atoms with E-state index in [2.05, 4.69) is 20.2 Å². The molecular formula is C14H22N4. The Morgan fingerprint density at radius 2 is 1.83 bits per heavy atom. The highest BCUT2D eigenvalue weighted by molar-refractivity contribution is 5.36. The van der Waals surface area contributed by atoms with Gasteiger partial charge in [-0.3, -0.25) is 4.98 Å². The fourth-order valence-corrected chi connectivity index (χ4v) is 2.91. The smallest absolute Gasteiger partial charge is 0.147 e. The zero-order chi connectivity index (χ0) is 12.2. The molecule has 0 aliphatic carbocycles. The molecule has 2 saturated heterocycles. The summed E-state index contributed by atoms with van der Waals surface area (Å²) in [6.45, 7) is 3.38. The number of nitrogens with zero attached hydrogens (tertiary/aromatic N) is 3. The summed E-state index contributed by atoms with van der Waals surface area (Å²) in [6.07, 6.45) is 11.6. The molecule has 1 atom stereocenters. The molecule has 1 N–H and O–H groups in total. The molecule has 0 radical (unpaired) electrons. The lowest BCUT2D eigenvalue weighted by Gasteiger charge is -2.21. The van der Waals surface area contributed by atoms with Gasteiger partial charge in [-0.2, -0.15) is 0 Å². The Balaban J connectivity index is 1.69. The number of aromatic nitrogens is 2. The van der Waals surface area contributed by atoms with Crippen LogP contribution in [0.3, 0.4) is 0 Å². The van der Waals surface area contributed by atoms with Crippen LogP contribution in [0.25, 0.3) is 0 Å². The summed E-state index contributed by atoms with van der Waals surface area (Å²) in [5.74, 6) is 1.05. The lowest BCUT2D eigenvalue weighted by Crippen LogP contribution is -2.25. The van der Waals surface area contributed by atoms with Gasteiger partial charge < -0.3 is 10.2 Å². The van der Waals surface area contributed by atoms with Crippen molar-refractivity contribution in [3.8, 4) is 0 Å². The average Bonchev–Trinajstić information content (AvgIpc) is 2.82. The topological polar surface area (TPSA) is 41.1 Å². The minimum Gasteiger partial charge on any atom is -0.355 e. The molecule has 18 heavy (non-hydrogen) atoms. The van der Waals surface area contributed by atoms with Crippen molar-refractivity contribution in [1.29, 1.82) is 0 Å². The minimum absolute atomic E-state index is 0.427. The summed E-state index contributed by atoms with van der Waals surface area (Å²) >= 11 is 0. The SMILES string of the molecule is c1nc(N2CCCCCC2)cnc1[C@H]1CCCN1. The first-order valence-electron chi connectivity index (χ1n) is 7.24. The highest BCUT2D eigenvalue weighted by atomic mass is 15.2. The highest BCUT2D eigenvalue weighted by Crippen LogP contribution is 2.22. The van der Waals surface area contributed by atoms with Crippen molar-refractivity contribution in [3.63, 3.8) is 0 Å². The van der Waals surface area contributed by atoms with Crippen LogP contribution in [0.2, 0.25) is 0 Å². The Kier molecular flexibility index (Phi) is 3.74. The molecule has 2 aliphatic rings. The maximum absolute atomic E-state index is 4.61. The number of anilines is 1. The van der Waals surface area contributed by atoms with E-state index in [0.29, 0.717) is 6.04 Å². The fraction of sp³-hybridized carbons (Fsp3) is 0.714. The first-order valence-corrected chi connectivity index (χ1v) is 7.24. The molecule has 0 bridgehead atoms. The number of hydrogen-bond acceptors (Lipinski definition) is 4. The van der Waals surface area contributed by atoms with E-state index in [-0.39, 0.29) is 0 Å². The van der Waals surface area contributed by atoms with E-state index < -0.39 is 0 Å². The van der Waals surface area contributed by atoms with Crippen molar-refractivity contribution in [1.82, 2.24) is 15.3 Å². The molecule has 3 heterocycles. The molecule has 1 aromatic rings. The summed E-state index contributed by atoms with van der Waals surface area (Å²) < 4.78 is 0. The summed E-state index contributed by atoms with van der Waals surface area (Å²) in [4.78, 5) is 11.6. The molecule has 0 unspecified atom stereocenters. The quantitative estimate of drug-likeness (QED) is 0.869. The van der Waals surface area contributed by atoms with Crippen molar-refractivity contribution in [2.45, 2.75) is 44.6 Å². The summed E-state index contributed by atoms with van der Waals surface area (Å²) in [5, 5.41) is 3.47. The molecule has 98 valence electrons. The number of rotatable bonds is 2. The van der Waals surface area contributed by atoms with Gasteiger partial charge in [0.2, 0.25) is 0 Å². The summed E-state index contributed by atoms with van der Waals surface area (Å²) in [7, 11) is 0. The van der Waals surface area contributed by atoms with E-state index in [1.54, 1.807) is 0 Å². The second-order valence-corrected chi connectivity index (χ2v) is 5.35. The molecule has 0 spiro atoms. The van der Waals surface area contributed by atoms with E-state index >= 15 is 0 Å². The average molecular weight is 246 g/mol. The molecule has 0 amide bonds. The monoisotopic (exact) mass is 246 g/mol. The maximum atomic E-state index is 4.61. The molecule has 3 rings (SSSR count). The molecule has 2 fully saturated rings. The maximum Gasteiger partial charge on any atom is 0.147 e. The third-order valence-electron chi connectivity index (χ3n) is 4.01. The van der Waals surface area contributed by atoms with Gasteiger partial charge in [-0.1, -0.05) is 12.8 Å². The molecule has 0 saturated carbocycles. The number of nitrogens with one attached hydrogen (secondary N) is 1. The van der Waals surface area contributed by atoms with Crippen LogP contribution in [0, 0.1) is 0 Å². The van der Waals surface area contributed by atoms with Crippen LogP contribution >= 0.6 is 0 Å². The highest BCUT2D eigenvalue weighted by Gasteiger charge is 2.18. The van der Waals surface area contributed by atoms with Crippen LogP contribution < -0.4 is 10.2 Å². The van der Waals surface area contributed by atoms with Crippen molar-refractivity contribution in [3.05, 3.63) is 18.1 Å². The lowest BCUT2D eigenvalue weighted by atomic mass is 10.2. The number of hydrogen-bond donors (Lipinski definition) is 1. The molecular weight excluding hydrogens is 224 g/mol. The zero-order valence-electron chi connectivity index (χ0n) is 10.9. The van der Waals surface area contributed by atoms with Crippen LogP contribution in [0.4, 0.5) is 5.82 Å². The van der Waals surface area contributed by atoms with Gasteiger partial charge in [0, 0.05) is 13.1 Å². The molecule has 4 nitrogen and oxygen atoms in total. The Morgan fingerprint density at radius 1 is 1.00 bits per heavy atom. The second kappa shape index (κ2) is 5.65. The van der Waals surface area contributed by atoms with E-state index in [9.17, 15) is 0 Å². The molecule has 1 aromatic heterocycles. The minimum atomic E-state index is 0.427. The van der Waals surface area contributed by atoms with E-state index in [1.165, 1.54) is 38.5 Å². The largest absolute Gasteiger partial charge is 0.355 e. The van der Waals surface area contributed by atoms with Gasteiger partial charge in [0.15, 0.2) is 0 Å². The van der Waals surface area contributed by atoms with Crippen molar-refractivity contribution in [2.75, 3.05) is 24.5 Å². The Bertz CT molecular complexity index is 362. The fourth-order valence-electron chi connectivity index (χ4n) is 2.91. The van der Waals surface area contributed by atoms with E-state index in [1.807, 2.05) is 12.4 Å². The standard InChI is InChI=1S/C14H22N4/c1-2-4-9-18(8-3-1)14-11-16-13(10-17-14)12-6-5-7-15-12/h10-12,15H,1-9H2/t12-/m1/s1. The first-order chi connectivity index (χ1) is 8.93. The van der Waals surface area contributed by atoms with Crippen LogP contribution in [-0.4, -0.2) is 29.6 Å². The normalized spacial score (nSPS) is 25.1. The van der Waals surface area contributed by atoms with Gasteiger partial charge in [-0.15, -0.1) is 0 Å². The van der Waals surface area contributed by atoms with Crippen molar-refractivity contribution < 1.29 is 0 Å². The van der Waals surface area contributed by atoms with Crippen LogP contribution in [0.5, 0.6) is 0 Å². The van der Waals surface area contributed by atoms with Gasteiger partial charge >= 0.3 is 0 Å². The summed E-state index contributed by atoms with van der Waals surface area (Å²) in [5.41, 5.74) is 1.10. The van der Waals surface area contributed by atoms with Crippen LogP contribution in [-0.2, 0) is 0 Å². The van der Waals surface area contributed by atoms with Crippen LogP contribution in [0.1, 0.15) is 50.3 Å². The van der Waals surface area contributed by atoms with Gasteiger partial charge in [0.1, 0.15) is 5.82 Å². The zero-order valence-corrected chi connectivity index (χ0v) is 10.9. The molecule has 2 aliphatic heterocycles. The van der Waals surface area contributed by atoms with Crippen LogP contribution in [0.15, 0.2) is 12.4 Å². The third kappa shape index (κ3) is 2.64. The predicted octanol–water partition coefficient (Wildman–Crippen LogP) is 2.28. The first kappa shape index (κ1) is 11.9. The Morgan fingerprint density at radius 3 is 2.44 bits per heavy atom. The third-order valence-corrected chi connectivity index (χ3v) is 4.01. The van der Waals surface area contributed by atoms with Gasteiger partial charge in [-0.25, -0.2) is 4.98 Å². The second-order valence-electron chi connectivity index (χ2n) is 5.35. The lowest BCUT2D eigenvalue weighted by molar-refractivity contribution is 0.623. The van der Waals surface area contributed by atoms with Gasteiger partial charge in [-0.05, 0) is 32.2 Å². The van der Waals surface area contributed by atoms with Crippen molar-refractivity contribution >= 4 is 5.82 Å². The van der Waals surface area contributed by atoms with Gasteiger partial charge in [0.05, 0.1) is 24.1 Å². The van der Waals surface area contributed by atoms with Crippen molar-refractivity contribution in [2.24, 2.45) is 0 Å². The predicted molar refractivity (Wildman–Crippen MR) is 72.7 cm³/mol. The van der Waals surface area contributed by atoms with Gasteiger partial charge in [0.25, 0.3) is 0 Å². The molecule has 0 aromatic carbocycles. The Hall–Kier alpha value is -1.16.